The first-order valence-electron chi connectivity index (χ1n) is 11.7. The second-order valence-corrected chi connectivity index (χ2v) is 9.64. The van der Waals surface area contributed by atoms with Crippen molar-refractivity contribution < 1.29 is 22.7 Å². The first kappa shape index (κ1) is 21.5. The van der Waals surface area contributed by atoms with Crippen molar-refractivity contribution in [3.8, 4) is 5.88 Å². The molecule has 6 rings (SSSR count). The van der Waals surface area contributed by atoms with Gasteiger partial charge in [0.15, 0.2) is 11.5 Å². The van der Waals surface area contributed by atoms with Crippen molar-refractivity contribution in [3.05, 3.63) is 17.5 Å². The number of anilines is 3. The lowest BCUT2D eigenvalue weighted by Crippen LogP contribution is -2.53. The minimum Gasteiger partial charge on any atom is -0.474 e. The molecule has 2 aliphatic heterocycles. The van der Waals surface area contributed by atoms with Gasteiger partial charge in [-0.25, -0.2) is 9.67 Å². The van der Waals surface area contributed by atoms with Crippen LogP contribution in [0.5, 0.6) is 5.88 Å². The predicted octanol–water partition coefficient (Wildman–Crippen LogP) is 3.17. The van der Waals surface area contributed by atoms with Crippen LogP contribution in [-0.2, 0) is 17.4 Å². The van der Waals surface area contributed by atoms with Crippen LogP contribution in [0.25, 0.3) is 0 Å². The third-order valence-electron chi connectivity index (χ3n) is 7.14. The highest BCUT2D eigenvalue weighted by Crippen LogP contribution is 2.42. The summed E-state index contributed by atoms with van der Waals surface area (Å²) >= 11 is 0. The number of nitrogens with zero attached hydrogens (tertiary/aromatic N) is 6. The lowest BCUT2D eigenvalue weighted by Gasteiger charge is -2.42. The van der Waals surface area contributed by atoms with E-state index in [-0.39, 0.29) is 36.0 Å². The van der Waals surface area contributed by atoms with Crippen molar-refractivity contribution in [2.24, 2.45) is 0 Å². The van der Waals surface area contributed by atoms with Crippen LogP contribution in [0.1, 0.15) is 56.5 Å². The van der Waals surface area contributed by atoms with E-state index in [4.69, 9.17) is 9.72 Å². The molecule has 1 amide bonds. The summed E-state index contributed by atoms with van der Waals surface area (Å²) < 4.78 is 46.6. The van der Waals surface area contributed by atoms with Crippen LogP contribution >= 0.6 is 0 Å². The average molecular weight is 477 g/mol. The molecule has 0 aromatic carbocycles. The van der Waals surface area contributed by atoms with E-state index < -0.39 is 11.9 Å². The maximum atomic E-state index is 13.1. The third-order valence-corrected chi connectivity index (χ3v) is 7.14. The van der Waals surface area contributed by atoms with Crippen molar-refractivity contribution in [1.82, 2.24) is 19.7 Å². The Morgan fingerprint density at radius 2 is 1.97 bits per heavy atom. The molecule has 2 aromatic rings. The summed E-state index contributed by atoms with van der Waals surface area (Å²) in [5, 5.41) is 7.08. The van der Waals surface area contributed by atoms with E-state index in [2.05, 4.69) is 15.4 Å². The highest BCUT2D eigenvalue weighted by molar-refractivity contribution is 6.05. The van der Waals surface area contributed by atoms with E-state index in [9.17, 15) is 18.0 Å². The van der Waals surface area contributed by atoms with Gasteiger partial charge in [-0.15, -0.1) is 0 Å². The molecule has 2 fully saturated rings. The molecule has 1 atom stereocenters. The standard InChI is InChI=1S/C22H26F3N7O2/c1-11-20(33)31-7-3-4-15-18(31)19(30(11)2)28-21(27-15)26-12-8-14(9-12)34-17-10-16(22(23,24)25)29-32(17)13-5-6-13/h10-14H,3-9H2,1-2H3,(H,26,27,28)/t11-,12-,14-/m0/s1. The Labute approximate surface area is 194 Å². The Bertz CT molecular complexity index is 1140. The molecule has 2 saturated carbocycles. The number of hydrogen-bond donors (Lipinski definition) is 1. The van der Waals surface area contributed by atoms with Crippen molar-refractivity contribution in [2.75, 3.05) is 28.7 Å². The van der Waals surface area contributed by atoms with Crippen molar-refractivity contribution in [2.45, 2.75) is 75.9 Å². The van der Waals surface area contributed by atoms with E-state index in [1.165, 1.54) is 4.68 Å². The van der Waals surface area contributed by atoms with Crippen LogP contribution in [0.2, 0.25) is 0 Å². The van der Waals surface area contributed by atoms with Gasteiger partial charge in [-0.1, -0.05) is 0 Å². The van der Waals surface area contributed by atoms with Gasteiger partial charge >= 0.3 is 6.18 Å². The van der Waals surface area contributed by atoms with E-state index >= 15 is 0 Å². The average Bonchev–Trinajstić information content (AvgIpc) is 3.52. The molecule has 0 unspecified atom stereocenters. The van der Waals surface area contributed by atoms with Crippen LogP contribution in [-0.4, -0.2) is 57.4 Å². The van der Waals surface area contributed by atoms with Gasteiger partial charge in [-0.3, -0.25) is 4.79 Å². The van der Waals surface area contributed by atoms with Gasteiger partial charge in [0.2, 0.25) is 17.7 Å². The van der Waals surface area contributed by atoms with E-state index in [0.717, 1.165) is 48.9 Å². The van der Waals surface area contributed by atoms with E-state index in [0.29, 0.717) is 25.3 Å². The fraction of sp³-hybridized carbons (Fsp3) is 0.636. The summed E-state index contributed by atoms with van der Waals surface area (Å²) in [5.41, 5.74) is 0.766. The molecule has 182 valence electrons. The molecule has 9 nitrogen and oxygen atoms in total. The second-order valence-electron chi connectivity index (χ2n) is 9.64. The highest BCUT2D eigenvalue weighted by atomic mass is 19.4. The second kappa shape index (κ2) is 7.47. The Kier molecular flexibility index (Phi) is 4.72. The zero-order valence-corrected chi connectivity index (χ0v) is 19.0. The number of rotatable bonds is 5. The number of halogens is 3. The Balaban J connectivity index is 1.14. The molecular formula is C22H26F3N7O2. The lowest BCUT2D eigenvalue weighted by atomic mass is 9.89. The quantitative estimate of drug-likeness (QED) is 0.708. The van der Waals surface area contributed by atoms with Crippen LogP contribution in [0, 0.1) is 0 Å². The molecule has 2 aromatic heterocycles. The molecule has 4 heterocycles. The Morgan fingerprint density at radius 3 is 2.68 bits per heavy atom. The molecule has 0 radical (unpaired) electrons. The number of aryl methyl sites for hydroxylation is 1. The maximum absolute atomic E-state index is 13.1. The molecule has 12 heteroatoms. The van der Waals surface area contributed by atoms with Gasteiger partial charge in [0.05, 0.1) is 11.7 Å². The minimum absolute atomic E-state index is 0.00759. The first-order chi connectivity index (χ1) is 16.2. The fourth-order valence-corrected chi connectivity index (χ4v) is 4.88. The van der Waals surface area contributed by atoms with Gasteiger partial charge in [-0.05, 0) is 32.6 Å². The van der Waals surface area contributed by atoms with Crippen molar-refractivity contribution in [1.29, 1.82) is 0 Å². The van der Waals surface area contributed by atoms with Crippen molar-refractivity contribution >= 4 is 23.4 Å². The van der Waals surface area contributed by atoms with Crippen molar-refractivity contribution in [3.63, 3.8) is 0 Å². The SMILES string of the molecule is C[C@H]1C(=O)N2CCCc3nc(N[C@H]4C[C@H](Oc5cc(C(F)(F)F)nn5C5CC5)C4)nc(c32)N1C. The normalized spacial score (nSPS) is 26.3. The summed E-state index contributed by atoms with van der Waals surface area (Å²) in [6.45, 7) is 2.56. The number of likely N-dealkylation sites (N-methyl/N-ethyl adjacent to an activating group) is 1. The number of carbonyl (C=O) groups excluding carboxylic acids is 1. The van der Waals surface area contributed by atoms with Crippen LogP contribution in [0.3, 0.4) is 0 Å². The summed E-state index contributed by atoms with van der Waals surface area (Å²) in [5.74, 6) is 1.51. The highest BCUT2D eigenvalue weighted by Gasteiger charge is 2.41. The summed E-state index contributed by atoms with van der Waals surface area (Å²) in [6, 6.07) is 0.759. The number of aromatic nitrogens is 4. The van der Waals surface area contributed by atoms with Gasteiger partial charge in [0.25, 0.3) is 0 Å². The molecule has 2 aliphatic carbocycles. The Hall–Kier alpha value is -3.05. The summed E-state index contributed by atoms with van der Waals surface area (Å²) in [7, 11) is 1.87. The molecule has 0 bridgehead atoms. The largest absolute Gasteiger partial charge is 0.474 e. The minimum atomic E-state index is -4.49. The first-order valence-corrected chi connectivity index (χ1v) is 11.7. The number of alkyl halides is 3. The molecule has 4 aliphatic rings. The molecular weight excluding hydrogens is 451 g/mol. The number of carbonyl (C=O) groups is 1. The topological polar surface area (TPSA) is 88.4 Å². The zero-order chi connectivity index (χ0) is 23.8. The van der Waals surface area contributed by atoms with Crippen LogP contribution in [0.15, 0.2) is 6.07 Å². The maximum Gasteiger partial charge on any atom is 0.435 e. The molecule has 1 N–H and O–H groups in total. The van der Waals surface area contributed by atoms with Crippen LogP contribution in [0.4, 0.5) is 30.6 Å². The van der Waals surface area contributed by atoms with Gasteiger partial charge in [0.1, 0.15) is 17.8 Å². The van der Waals surface area contributed by atoms with Gasteiger partial charge in [0, 0.05) is 38.5 Å². The number of amides is 1. The molecule has 0 saturated heterocycles. The summed E-state index contributed by atoms with van der Waals surface area (Å²) in [4.78, 5) is 25.8. The predicted molar refractivity (Wildman–Crippen MR) is 117 cm³/mol. The monoisotopic (exact) mass is 477 g/mol. The van der Waals surface area contributed by atoms with Crippen LogP contribution < -0.4 is 19.9 Å². The third kappa shape index (κ3) is 3.54. The van der Waals surface area contributed by atoms with E-state index in [1.54, 1.807) is 4.90 Å². The van der Waals surface area contributed by atoms with Gasteiger partial charge in [-0.2, -0.15) is 23.3 Å². The lowest BCUT2D eigenvalue weighted by molar-refractivity contribution is -0.141. The summed E-state index contributed by atoms with van der Waals surface area (Å²) in [6.07, 6.45) is -0.145. The Morgan fingerprint density at radius 1 is 1.21 bits per heavy atom. The van der Waals surface area contributed by atoms with E-state index in [1.807, 2.05) is 18.9 Å². The number of hydrogen-bond acceptors (Lipinski definition) is 7. The zero-order valence-electron chi connectivity index (χ0n) is 19.0. The van der Waals surface area contributed by atoms with Gasteiger partial charge < -0.3 is 19.9 Å². The molecule has 34 heavy (non-hydrogen) atoms. The molecule has 0 spiro atoms. The number of ether oxygens (including phenoxy) is 1. The smallest absolute Gasteiger partial charge is 0.435 e. The number of nitrogens with one attached hydrogen (secondary N) is 1. The fourth-order valence-electron chi connectivity index (χ4n) is 4.88.